The third-order valence-corrected chi connectivity index (χ3v) is 3.40. The van der Waals surface area contributed by atoms with E-state index in [1.807, 2.05) is 12.1 Å². The zero-order chi connectivity index (χ0) is 13.1. The van der Waals surface area contributed by atoms with Gasteiger partial charge in [-0.05, 0) is 55.0 Å². The molecular weight excluding hydrogens is 244 g/mol. The van der Waals surface area contributed by atoms with E-state index in [2.05, 4.69) is 0 Å². The molecule has 0 amide bonds. The third kappa shape index (κ3) is 2.52. The summed E-state index contributed by atoms with van der Waals surface area (Å²) in [6.07, 6.45) is 5.91. The van der Waals surface area contributed by atoms with E-state index < -0.39 is 0 Å². The number of hydrogen-bond acceptors (Lipinski definition) is 3. The fourth-order valence-electron chi connectivity index (χ4n) is 2.22. The van der Waals surface area contributed by atoms with Crippen molar-refractivity contribution in [3.8, 4) is 11.8 Å². The summed E-state index contributed by atoms with van der Waals surface area (Å²) in [6.45, 7) is 0. The molecule has 92 valence electrons. The molecule has 2 rings (SSSR count). The minimum atomic E-state index is 0.0506. The SMILES string of the molecule is N#C/C(=C/c1cc2c(cc1O)CCCC2)C(N)=S. The van der Waals surface area contributed by atoms with Gasteiger partial charge < -0.3 is 10.8 Å². The number of nitriles is 1. The van der Waals surface area contributed by atoms with E-state index in [-0.39, 0.29) is 16.3 Å². The molecule has 0 spiro atoms. The average Bonchev–Trinajstić information content (AvgIpc) is 2.35. The van der Waals surface area contributed by atoms with E-state index in [1.54, 1.807) is 12.1 Å². The van der Waals surface area contributed by atoms with Crippen LogP contribution in [-0.4, -0.2) is 10.1 Å². The lowest BCUT2D eigenvalue weighted by Crippen LogP contribution is -2.10. The zero-order valence-corrected chi connectivity index (χ0v) is 10.8. The van der Waals surface area contributed by atoms with Crippen LogP contribution in [0.5, 0.6) is 5.75 Å². The van der Waals surface area contributed by atoms with Crippen LogP contribution in [0.3, 0.4) is 0 Å². The van der Waals surface area contributed by atoms with Gasteiger partial charge in [0, 0.05) is 5.56 Å². The largest absolute Gasteiger partial charge is 0.507 e. The predicted molar refractivity (Wildman–Crippen MR) is 75.1 cm³/mol. The van der Waals surface area contributed by atoms with Gasteiger partial charge in [0.2, 0.25) is 0 Å². The number of nitrogens with two attached hydrogens (primary N) is 1. The fourth-order valence-corrected chi connectivity index (χ4v) is 2.33. The molecule has 1 aliphatic rings. The second-order valence-corrected chi connectivity index (χ2v) is 4.86. The van der Waals surface area contributed by atoms with Gasteiger partial charge in [0.05, 0.1) is 5.57 Å². The Hall–Kier alpha value is -1.86. The van der Waals surface area contributed by atoms with Crippen molar-refractivity contribution in [1.29, 1.82) is 5.26 Å². The standard InChI is InChI=1S/C14H14N2OS/c15-8-12(14(16)18)6-11-5-9-3-1-2-4-10(9)7-13(11)17/h5-7,17H,1-4H2,(H2,16,18)/b12-6-. The van der Waals surface area contributed by atoms with Gasteiger partial charge in [-0.2, -0.15) is 5.26 Å². The maximum absolute atomic E-state index is 9.95. The van der Waals surface area contributed by atoms with Gasteiger partial charge in [0.15, 0.2) is 0 Å². The van der Waals surface area contributed by atoms with E-state index in [0.717, 1.165) is 19.3 Å². The van der Waals surface area contributed by atoms with Crippen molar-refractivity contribution in [2.24, 2.45) is 5.73 Å². The summed E-state index contributed by atoms with van der Waals surface area (Å²) in [5.74, 6) is 0.180. The number of thiocarbonyl (C=S) groups is 1. The average molecular weight is 258 g/mol. The molecular formula is C14H14N2OS. The number of rotatable bonds is 2. The Morgan fingerprint density at radius 1 is 1.33 bits per heavy atom. The van der Waals surface area contributed by atoms with Gasteiger partial charge in [0.25, 0.3) is 0 Å². The summed E-state index contributed by atoms with van der Waals surface area (Å²) < 4.78 is 0. The highest BCUT2D eigenvalue weighted by molar-refractivity contribution is 7.80. The molecule has 0 bridgehead atoms. The van der Waals surface area contributed by atoms with Crippen LogP contribution < -0.4 is 5.73 Å². The summed E-state index contributed by atoms with van der Waals surface area (Å²) >= 11 is 4.78. The molecule has 0 radical (unpaired) electrons. The predicted octanol–water partition coefficient (Wildman–Crippen LogP) is 2.46. The lowest BCUT2D eigenvalue weighted by Gasteiger charge is -2.17. The molecule has 1 aromatic carbocycles. The molecule has 0 fully saturated rings. The van der Waals surface area contributed by atoms with Gasteiger partial charge in [-0.15, -0.1) is 0 Å². The van der Waals surface area contributed by atoms with Crippen molar-refractivity contribution < 1.29 is 5.11 Å². The molecule has 3 nitrogen and oxygen atoms in total. The smallest absolute Gasteiger partial charge is 0.123 e. The number of fused-ring (bicyclic) bond motifs is 1. The third-order valence-electron chi connectivity index (χ3n) is 3.18. The summed E-state index contributed by atoms with van der Waals surface area (Å²) in [5, 5.41) is 18.9. The highest BCUT2D eigenvalue weighted by Gasteiger charge is 2.13. The molecule has 0 saturated heterocycles. The Morgan fingerprint density at radius 3 is 2.50 bits per heavy atom. The molecule has 0 atom stereocenters. The Labute approximate surface area is 112 Å². The minimum absolute atomic E-state index is 0.0506. The van der Waals surface area contributed by atoms with Crippen LogP contribution in [0.2, 0.25) is 0 Å². The summed E-state index contributed by atoms with van der Waals surface area (Å²) in [4.78, 5) is 0.0506. The van der Waals surface area contributed by atoms with E-state index in [9.17, 15) is 5.11 Å². The first-order chi connectivity index (χ1) is 8.61. The topological polar surface area (TPSA) is 70.0 Å². The summed E-state index contributed by atoms with van der Waals surface area (Å²) in [5.41, 5.74) is 8.71. The van der Waals surface area contributed by atoms with Crippen molar-refractivity contribution in [2.45, 2.75) is 25.7 Å². The quantitative estimate of drug-likeness (QED) is 0.485. The minimum Gasteiger partial charge on any atom is -0.507 e. The molecule has 18 heavy (non-hydrogen) atoms. The maximum atomic E-state index is 9.95. The normalized spacial score (nSPS) is 14.7. The second-order valence-electron chi connectivity index (χ2n) is 4.42. The molecule has 0 saturated carbocycles. The Kier molecular flexibility index (Phi) is 3.63. The van der Waals surface area contributed by atoms with Crippen LogP contribution in [0.15, 0.2) is 17.7 Å². The maximum Gasteiger partial charge on any atom is 0.123 e. The first-order valence-electron chi connectivity index (χ1n) is 5.88. The Balaban J connectivity index is 2.46. The molecule has 1 aliphatic carbocycles. The number of aromatic hydroxyl groups is 1. The van der Waals surface area contributed by atoms with Crippen LogP contribution in [-0.2, 0) is 12.8 Å². The van der Waals surface area contributed by atoms with Crippen LogP contribution in [0.4, 0.5) is 0 Å². The monoisotopic (exact) mass is 258 g/mol. The lowest BCUT2D eigenvalue weighted by atomic mass is 9.89. The van der Waals surface area contributed by atoms with Crippen molar-refractivity contribution >= 4 is 23.3 Å². The zero-order valence-electron chi connectivity index (χ0n) is 9.94. The molecule has 0 aromatic heterocycles. The van der Waals surface area contributed by atoms with Crippen LogP contribution in [0, 0.1) is 11.3 Å². The number of phenols is 1. The molecule has 0 heterocycles. The van der Waals surface area contributed by atoms with E-state index in [1.165, 1.54) is 17.5 Å². The highest BCUT2D eigenvalue weighted by Crippen LogP contribution is 2.29. The second kappa shape index (κ2) is 5.19. The van der Waals surface area contributed by atoms with Crippen LogP contribution >= 0.6 is 12.2 Å². The summed E-state index contributed by atoms with van der Waals surface area (Å²) in [7, 11) is 0. The van der Waals surface area contributed by atoms with Gasteiger partial charge in [-0.25, -0.2) is 0 Å². The molecule has 0 unspecified atom stereocenters. The fraction of sp³-hybridized carbons (Fsp3) is 0.286. The molecule has 3 N–H and O–H groups in total. The first-order valence-corrected chi connectivity index (χ1v) is 6.29. The number of nitrogens with zero attached hydrogens (tertiary/aromatic N) is 1. The van der Waals surface area contributed by atoms with Crippen molar-refractivity contribution in [3.63, 3.8) is 0 Å². The number of benzene rings is 1. The van der Waals surface area contributed by atoms with Gasteiger partial charge in [0.1, 0.15) is 16.8 Å². The number of phenolic OH excluding ortho intramolecular Hbond substituents is 1. The van der Waals surface area contributed by atoms with Gasteiger partial charge in [-0.1, -0.05) is 12.2 Å². The van der Waals surface area contributed by atoms with Crippen LogP contribution in [0.25, 0.3) is 6.08 Å². The first kappa shape index (κ1) is 12.6. The van der Waals surface area contributed by atoms with E-state index in [0.29, 0.717) is 5.56 Å². The van der Waals surface area contributed by atoms with Crippen molar-refractivity contribution in [3.05, 3.63) is 34.4 Å². The van der Waals surface area contributed by atoms with E-state index in [4.69, 9.17) is 23.2 Å². The van der Waals surface area contributed by atoms with Crippen molar-refractivity contribution in [1.82, 2.24) is 0 Å². The highest BCUT2D eigenvalue weighted by atomic mass is 32.1. The van der Waals surface area contributed by atoms with E-state index >= 15 is 0 Å². The summed E-state index contributed by atoms with van der Waals surface area (Å²) in [6, 6.07) is 5.66. The van der Waals surface area contributed by atoms with Gasteiger partial charge >= 0.3 is 0 Å². The molecule has 0 aliphatic heterocycles. The number of hydrogen-bond donors (Lipinski definition) is 2. The molecule has 4 heteroatoms. The van der Waals surface area contributed by atoms with Crippen LogP contribution in [0.1, 0.15) is 29.5 Å². The lowest BCUT2D eigenvalue weighted by molar-refractivity contribution is 0.472. The Morgan fingerprint density at radius 2 is 1.94 bits per heavy atom. The molecule has 1 aromatic rings. The number of aryl methyl sites for hydroxylation is 2. The van der Waals surface area contributed by atoms with Gasteiger partial charge in [-0.3, -0.25) is 0 Å². The Bertz CT molecular complexity index is 570. The van der Waals surface area contributed by atoms with Crippen molar-refractivity contribution in [2.75, 3.05) is 0 Å².